The number of benzene rings is 1. The van der Waals surface area contributed by atoms with Gasteiger partial charge < -0.3 is 17.2 Å². The van der Waals surface area contributed by atoms with Crippen LogP contribution in [-0.4, -0.2) is 6.54 Å². The Morgan fingerprint density at radius 3 is 2.83 bits per heavy atom. The van der Waals surface area contributed by atoms with Crippen LogP contribution in [0.3, 0.4) is 0 Å². The molecule has 0 amide bonds. The van der Waals surface area contributed by atoms with E-state index in [9.17, 15) is 0 Å². The first kappa shape index (κ1) is 9.03. The Kier molecular flexibility index (Phi) is 3.08. The van der Waals surface area contributed by atoms with Crippen molar-refractivity contribution in [3.63, 3.8) is 0 Å². The summed E-state index contributed by atoms with van der Waals surface area (Å²) in [5.74, 6) is 0. The summed E-state index contributed by atoms with van der Waals surface area (Å²) in [6, 6.07) is 8.38. The predicted octanol–water partition coefficient (Wildman–Crippen LogP) is 0.418. The van der Waals surface area contributed by atoms with Gasteiger partial charge in [-0.2, -0.15) is 0 Å². The molecular weight excluding hydrogens is 150 g/mol. The van der Waals surface area contributed by atoms with Crippen molar-refractivity contribution < 1.29 is 0 Å². The minimum Gasteiger partial charge on any atom is -0.398 e. The fourth-order valence-electron chi connectivity index (χ4n) is 1.08. The summed E-state index contributed by atoms with van der Waals surface area (Å²) in [4.78, 5) is 0. The van der Waals surface area contributed by atoms with Gasteiger partial charge in [0.05, 0.1) is 0 Å². The molecule has 0 aromatic heterocycles. The van der Waals surface area contributed by atoms with E-state index in [-0.39, 0.29) is 6.04 Å². The molecule has 3 heteroatoms. The maximum Gasteiger partial charge on any atom is 0.0397 e. The van der Waals surface area contributed by atoms with Gasteiger partial charge in [-0.15, -0.1) is 0 Å². The molecule has 6 N–H and O–H groups in total. The van der Waals surface area contributed by atoms with Crippen LogP contribution in [0.1, 0.15) is 18.0 Å². The Morgan fingerprint density at radius 1 is 1.50 bits per heavy atom. The van der Waals surface area contributed by atoms with Gasteiger partial charge >= 0.3 is 0 Å². The molecule has 0 aliphatic rings. The molecule has 65 valence electrons. The zero-order valence-corrected chi connectivity index (χ0v) is 6.96. The quantitative estimate of drug-likeness (QED) is 0.566. The highest BCUT2D eigenvalue weighted by atomic mass is 14.7. The smallest absolute Gasteiger partial charge is 0.0397 e. The molecule has 0 spiro atoms. The molecule has 0 heterocycles. The minimum absolute atomic E-state index is 0.00750. The van der Waals surface area contributed by atoms with Gasteiger partial charge in [0.1, 0.15) is 0 Å². The molecule has 1 aromatic rings. The van der Waals surface area contributed by atoms with Crippen LogP contribution in [0.2, 0.25) is 0 Å². The number of nitrogens with two attached hydrogens (primary N) is 3. The third kappa shape index (κ3) is 2.22. The molecule has 0 fully saturated rings. The SMILES string of the molecule is NCCC(N)c1cc[c]c(N)c1. The monoisotopic (exact) mass is 164 g/mol. The van der Waals surface area contributed by atoms with Gasteiger partial charge in [-0.25, -0.2) is 0 Å². The predicted molar refractivity (Wildman–Crippen MR) is 50.3 cm³/mol. The highest BCUT2D eigenvalue weighted by Crippen LogP contribution is 2.15. The normalized spacial score (nSPS) is 12.8. The Labute approximate surface area is 72.5 Å². The number of hydrogen-bond acceptors (Lipinski definition) is 3. The molecular formula is C9H14N3. The molecule has 0 saturated heterocycles. The number of hydrogen-bond donors (Lipinski definition) is 3. The van der Waals surface area contributed by atoms with E-state index in [2.05, 4.69) is 6.07 Å². The topological polar surface area (TPSA) is 78.1 Å². The lowest BCUT2D eigenvalue weighted by Gasteiger charge is -2.10. The lowest BCUT2D eigenvalue weighted by Crippen LogP contribution is -2.15. The van der Waals surface area contributed by atoms with Crippen LogP contribution < -0.4 is 17.2 Å². The molecule has 0 aliphatic heterocycles. The molecule has 0 bridgehead atoms. The lowest BCUT2D eigenvalue weighted by molar-refractivity contribution is 0.661. The van der Waals surface area contributed by atoms with Gasteiger partial charge in [0.2, 0.25) is 0 Å². The minimum atomic E-state index is -0.00750. The summed E-state index contributed by atoms with van der Waals surface area (Å²) in [6.07, 6.45) is 0.781. The second-order valence-corrected chi connectivity index (χ2v) is 2.76. The zero-order valence-electron chi connectivity index (χ0n) is 6.96. The third-order valence-corrected chi connectivity index (χ3v) is 1.75. The Hall–Kier alpha value is -1.06. The van der Waals surface area contributed by atoms with Crippen molar-refractivity contribution in [1.82, 2.24) is 0 Å². The summed E-state index contributed by atoms with van der Waals surface area (Å²) in [5.41, 5.74) is 18.4. The Morgan fingerprint density at radius 2 is 2.25 bits per heavy atom. The summed E-state index contributed by atoms with van der Waals surface area (Å²) >= 11 is 0. The van der Waals surface area contributed by atoms with Gasteiger partial charge in [0.15, 0.2) is 0 Å². The van der Waals surface area contributed by atoms with E-state index < -0.39 is 0 Å². The molecule has 12 heavy (non-hydrogen) atoms. The first-order valence-corrected chi connectivity index (χ1v) is 3.97. The van der Waals surface area contributed by atoms with E-state index in [1.54, 1.807) is 6.07 Å². The average molecular weight is 164 g/mol. The molecule has 1 rings (SSSR count). The van der Waals surface area contributed by atoms with Crippen molar-refractivity contribution in [2.75, 3.05) is 12.3 Å². The van der Waals surface area contributed by atoms with Crippen molar-refractivity contribution in [3.8, 4) is 0 Å². The van der Waals surface area contributed by atoms with Crippen LogP contribution in [0.4, 0.5) is 5.69 Å². The molecule has 1 radical (unpaired) electrons. The van der Waals surface area contributed by atoms with Crippen LogP contribution in [0.5, 0.6) is 0 Å². The van der Waals surface area contributed by atoms with Crippen molar-refractivity contribution in [2.24, 2.45) is 11.5 Å². The largest absolute Gasteiger partial charge is 0.398 e. The summed E-state index contributed by atoms with van der Waals surface area (Å²) in [6.45, 7) is 0.597. The van der Waals surface area contributed by atoms with Gasteiger partial charge in [-0.1, -0.05) is 12.1 Å². The second kappa shape index (κ2) is 4.09. The number of rotatable bonds is 3. The van der Waals surface area contributed by atoms with E-state index >= 15 is 0 Å². The highest BCUT2D eigenvalue weighted by molar-refractivity contribution is 5.40. The van der Waals surface area contributed by atoms with E-state index in [0.29, 0.717) is 12.2 Å². The van der Waals surface area contributed by atoms with Crippen molar-refractivity contribution >= 4 is 5.69 Å². The fourth-order valence-corrected chi connectivity index (χ4v) is 1.08. The summed E-state index contributed by atoms with van der Waals surface area (Å²) < 4.78 is 0. The standard InChI is InChI=1S/C9H14N3/c10-5-4-9(12)7-2-1-3-8(11)6-7/h1-2,6,9H,4-5,10-12H2. The molecule has 1 unspecified atom stereocenters. The Balaban J connectivity index is 2.73. The number of nitrogen functional groups attached to an aromatic ring is 1. The first-order chi connectivity index (χ1) is 5.74. The van der Waals surface area contributed by atoms with Gasteiger partial charge in [0.25, 0.3) is 0 Å². The van der Waals surface area contributed by atoms with Crippen LogP contribution in [0.15, 0.2) is 18.2 Å². The molecule has 0 aliphatic carbocycles. The van der Waals surface area contributed by atoms with Crippen LogP contribution in [0.25, 0.3) is 0 Å². The zero-order chi connectivity index (χ0) is 8.97. The third-order valence-electron chi connectivity index (χ3n) is 1.75. The van der Waals surface area contributed by atoms with E-state index in [1.165, 1.54) is 0 Å². The second-order valence-electron chi connectivity index (χ2n) is 2.76. The molecule has 1 atom stereocenters. The summed E-state index contributed by atoms with van der Waals surface area (Å²) in [5, 5.41) is 0. The molecule has 3 nitrogen and oxygen atoms in total. The number of anilines is 1. The molecule has 1 aromatic carbocycles. The van der Waals surface area contributed by atoms with Crippen molar-refractivity contribution in [2.45, 2.75) is 12.5 Å². The van der Waals surface area contributed by atoms with E-state index in [1.807, 2.05) is 12.1 Å². The van der Waals surface area contributed by atoms with Crippen LogP contribution >= 0.6 is 0 Å². The lowest BCUT2D eigenvalue weighted by atomic mass is 10.0. The maximum absolute atomic E-state index is 5.82. The summed E-state index contributed by atoms with van der Waals surface area (Å²) in [7, 11) is 0. The molecule has 0 saturated carbocycles. The van der Waals surface area contributed by atoms with Crippen molar-refractivity contribution in [1.29, 1.82) is 0 Å². The maximum atomic E-state index is 5.82. The highest BCUT2D eigenvalue weighted by Gasteiger charge is 2.03. The van der Waals surface area contributed by atoms with Gasteiger partial charge in [0, 0.05) is 17.8 Å². The Bertz CT molecular complexity index is 247. The van der Waals surface area contributed by atoms with E-state index in [0.717, 1.165) is 12.0 Å². The fraction of sp³-hybridized carbons (Fsp3) is 0.333. The van der Waals surface area contributed by atoms with Crippen LogP contribution in [-0.2, 0) is 0 Å². The van der Waals surface area contributed by atoms with E-state index in [4.69, 9.17) is 17.2 Å². The van der Waals surface area contributed by atoms with Crippen LogP contribution in [0, 0.1) is 6.07 Å². The van der Waals surface area contributed by atoms with Crippen molar-refractivity contribution in [3.05, 3.63) is 29.8 Å². The van der Waals surface area contributed by atoms with Gasteiger partial charge in [-0.3, -0.25) is 0 Å². The van der Waals surface area contributed by atoms with Gasteiger partial charge in [-0.05, 0) is 24.6 Å². The first-order valence-electron chi connectivity index (χ1n) is 3.97. The average Bonchev–Trinajstić information content (AvgIpc) is 2.05.